The molecule has 1 saturated carbocycles. The topological polar surface area (TPSA) is 75.2 Å². The van der Waals surface area contributed by atoms with Gasteiger partial charge in [-0.15, -0.1) is 5.10 Å². The number of amides is 2. The first-order valence-electron chi connectivity index (χ1n) is 10.9. The van der Waals surface area contributed by atoms with Crippen LogP contribution in [0, 0.1) is 12.8 Å². The summed E-state index contributed by atoms with van der Waals surface area (Å²) < 4.78 is 3.85. The molecule has 1 aromatic heterocycles. The first-order chi connectivity index (χ1) is 14.5. The lowest BCUT2D eigenvalue weighted by Crippen LogP contribution is -2.47. The van der Waals surface area contributed by atoms with Crippen molar-refractivity contribution in [3.05, 3.63) is 46.5 Å². The minimum Gasteiger partial charge on any atom is -0.351 e. The Morgan fingerprint density at radius 3 is 2.47 bits per heavy atom. The number of hydrogen-bond acceptors (Lipinski definition) is 5. The summed E-state index contributed by atoms with van der Waals surface area (Å²) in [5.74, 6) is 0.0637. The highest BCUT2D eigenvalue weighted by Crippen LogP contribution is 2.26. The number of carbonyl (C=O) groups is 2. The highest BCUT2D eigenvalue weighted by molar-refractivity contribution is 7.03. The van der Waals surface area contributed by atoms with Gasteiger partial charge in [0.05, 0.1) is 0 Å². The molecule has 7 heteroatoms. The number of carbonyl (C=O) groups excluding carboxylic acids is 2. The smallest absolute Gasteiger partial charge is 0.276 e. The number of aryl methyl sites for hydroxylation is 1. The van der Waals surface area contributed by atoms with Gasteiger partial charge in [-0.2, -0.15) is 0 Å². The maximum Gasteiger partial charge on any atom is 0.276 e. The van der Waals surface area contributed by atoms with Crippen molar-refractivity contribution in [2.24, 2.45) is 5.92 Å². The molecule has 1 atom stereocenters. The Hall–Kier alpha value is -2.28. The molecule has 1 N–H and O–H groups in total. The van der Waals surface area contributed by atoms with Crippen LogP contribution in [0.4, 0.5) is 0 Å². The predicted octanol–water partition coefficient (Wildman–Crippen LogP) is 4.53. The van der Waals surface area contributed by atoms with Gasteiger partial charge in [-0.05, 0) is 49.2 Å². The summed E-state index contributed by atoms with van der Waals surface area (Å²) in [5.41, 5.74) is 2.24. The molecule has 0 aliphatic heterocycles. The molecule has 2 amide bonds. The van der Waals surface area contributed by atoms with E-state index in [-0.39, 0.29) is 17.9 Å². The maximum atomic E-state index is 13.5. The van der Waals surface area contributed by atoms with Crippen molar-refractivity contribution in [2.75, 3.05) is 6.54 Å². The van der Waals surface area contributed by atoms with Gasteiger partial charge in [0.25, 0.3) is 5.91 Å². The van der Waals surface area contributed by atoms with E-state index >= 15 is 0 Å². The second-order valence-corrected chi connectivity index (χ2v) is 9.24. The number of aromatic nitrogens is 2. The van der Waals surface area contributed by atoms with Crippen LogP contribution in [-0.2, 0) is 4.79 Å². The van der Waals surface area contributed by atoms with Crippen molar-refractivity contribution in [2.45, 2.75) is 71.4 Å². The third-order valence-electron chi connectivity index (χ3n) is 5.69. The van der Waals surface area contributed by atoms with Crippen molar-refractivity contribution in [3.8, 4) is 0 Å². The van der Waals surface area contributed by atoms with Gasteiger partial charge in [0, 0.05) is 18.0 Å². The SMILES string of the molecule is Cc1ccc([C@@H](C(=O)NC2CCCCC2)N(CCC(C)C)C(=O)c2csnn2)cc1. The third kappa shape index (κ3) is 5.88. The van der Waals surface area contributed by atoms with Gasteiger partial charge in [0.2, 0.25) is 5.91 Å². The zero-order chi connectivity index (χ0) is 21.5. The van der Waals surface area contributed by atoms with E-state index in [0.717, 1.165) is 54.8 Å². The molecule has 3 rings (SSSR count). The van der Waals surface area contributed by atoms with Crippen LogP contribution in [0.2, 0.25) is 0 Å². The van der Waals surface area contributed by atoms with Crippen LogP contribution in [0.15, 0.2) is 29.6 Å². The lowest BCUT2D eigenvalue weighted by molar-refractivity contribution is -0.127. The molecule has 30 heavy (non-hydrogen) atoms. The molecule has 0 unspecified atom stereocenters. The molecule has 0 bridgehead atoms. The van der Waals surface area contributed by atoms with E-state index < -0.39 is 6.04 Å². The van der Waals surface area contributed by atoms with Crippen LogP contribution in [-0.4, -0.2) is 38.9 Å². The molecule has 1 aliphatic rings. The fraction of sp³-hybridized carbons (Fsp3) is 0.565. The maximum absolute atomic E-state index is 13.5. The van der Waals surface area contributed by atoms with Gasteiger partial charge in [0.15, 0.2) is 5.69 Å². The van der Waals surface area contributed by atoms with E-state index in [1.54, 1.807) is 10.3 Å². The minimum atomic E-state index is -0.680. The Bertz CT molecular complexity index is 814. The quantitative estimate of drug-likeness (QED) is 0.670. The molecule has 0 spiro atoms. The van der Waals surface area contributed by atoms with Crippen molar-refractivity contribution in [1.82, 2.24) is 19.8 Å². The van der Waals surface area contributed by atoms with Crippen LogP contribution in [0.25, 0.3) is 0 Å². The van der Waals surface area contributed by atoms with Gasteiger partial charge in [-0.25, -0.2) is 0 Å². The minimum absolute atomic E-state index is 0.106. The Kier molecular flexibility index (Phi) is 7.96. The van der Waals surface area contributed by atoms with E-state index in [9.17, 15) is 9.59 Å². The summed E-state index contributed by atoms with van der Waals surface area (Å²) in [6.45, 7) is 6.75. The first-order valence-corrected chi connectivity index (χ1v) is 11.7. The van der Waals surface area contributed by atoms with Crippen LogP contribution in [0.5, 0.6) is 0 Å². The molecule has 0 saturated heterocycles. The van der Waals surface area contributed by atoms with Crippen LogP contribution in [0.3, 0.4) is 0 Å². The van der Waals surface area contributed by atoms with E-state index in [4.69, 9.17) is 0 Å². The molecule has 1 heterocycles. The summed E-state index contributed by atoms with van der Waals surface area (Å²) in [4.78, 5) is 28.5. The largest absolute Gasteiger partial charge is 0.351 e. The second kappa shape index (κ2) is 10.7. The number of hydrogen-bond donors (Lipinski definition) is 1. The van der Waals surface area contributed by atoms with Crippen LogP contribution < -0.4 is 5.32 Å². The lowest BCUT2D eigenvalue weighted by atomic mass is 9.94. The molecule has 1 fully saturated rings. The van der Waals surface area contributed by atoms with E-state index in [2.05, 4.69) is 28.8 Å². The van der Waals surface area contributed by atoms with Crippen LogP contribution in [0.1, 0.15) is 80.0 Å². The average Bonchev–Trinajstić information content (AvgIpc) is 3.27. The third-order valence-corrected chi connectivity index (χ3v) is 6.20. The van der Waals surface area contributed by atoms with Crippen molar-refractivity contribution in [3.63, 3.8) is 0 Å². The fourth-order valence-electron chi connectivity index (χ4n) is 3.90. The van der Waals surface area contributed by atoms with Crippen molar-refractivity contribution in [1.29, 1.82) is 0 Å². The Morgan fingerprint density at radius 1 is 1.17 bits per heavy atom. The molecule has 1 aromatic carbocycles. The Balaban J connectivity index is 1.93. The molecular weight excluding hydrogens is 396 g/mol. The number of benzene rings is 1. The van der Waals surface area contributed by atoms with Gasteiger partial charge < -0.3 is 10.2 Å². The van der Waals surface area contributed by atoms with Gasteiger partial charge in [0.1, 0.15) is 6.04 Å². The molecular formula is C23H32N4O2S. The predicted molar refractivity (Wildman–Crippen MR) is 119 cm³/mol. The van der Waals surface area contributed by atoms with E-state index in [1.165, 1.54) is 6.42 Å². The van der Waals surface area contributed by atoms with Crippen molar-refractivity contribution >= 4 is 23.3 Å². The summed E-state index contributed by atoms with van der Waals surface area (Å²) in [5, 5.41) is 8.86. The highest BCUT2D eigenvalue weighted by Gasteiger charge is 2.34. The fourth-order valence-corrected chi connectivity index (χ4v) is 4.33. The Labute approximate surface area is 183 Å². The number of nitrogens with one attached hydrogen (secondary N) is 1. The summed E-state index contributed by atoms with van der Waals surface area (Å²) in [6.07, 6.45) is 6.32. The van der Waals surface area contributed by atoms with Crippen molar-refractivity contribution < 1.29 is 9.59 Å². The molecule has 162 valence electrons. The zero-order valence-electron chi connectivity index (χ0n) is 18.1. The zero-order valence-corrected chi connectivity index (χ0v) is 19.0. The van der Waals surface area contributed by atoms with E-state index in [1.807, 2.05) is 31.2 Å². The standard InChI is InChI=1S/C23H32N4O2S/c1-16(2)13-14-27(23(29)20-15-30-26-25-20)21(18-11-9-17(3)10-12-18)22(28)24-19-7-5-4-6-8-19/h9-12,15-16,19,21H,4-8,13-14H2,1-3H3,(H,24,28)/t21-/m0/s1. The van der Waals surface area contributed by atoms with Crippen LogP contribution >= 0.6 is 11.5 Å². The first kappa shape index (κ1) is 22.4. The second-order valence-electron chi connectivity index (χ2n) is 8.63. The molecule has 2 aromatic rings. The highest BCUT2D eigenvalue weighted by atomic mass is 32.1. The molecule has 0 radical (unpaired) electrons. The van der Waals surface area contributed by atoms with Gasteiger partial charge >= 0.3 is 0 Å². The Morgan fingerprint density at radius 2 is 1.87 bits per heavy atom. The number of nitrogens with zero attached hydrogens (tertiary/aromatic N) is 3. The summed E-state index contributed by atoms with van der Waals surface area (Å²) in [7, 11) is 0. The normalized spacial score (nSPS) is 15.7. The number of rotatable bonds is 8. The molecule has 6 nitrogen and oxygen atoms in total. The average molecular weight is 429 g/mol. The summed E-state index contributed by atoms with van der Waals surface area (Å²) in [6, 6.07) is 7.39. The summed E-state index contributed by atoms with van der Waals surface area (Å²) >= 11 is 1.15. The lowest BCUT2D eigenvalue weighted by Gasteiger charge is -2.33. The van der Waals surface area contributed by atoms with Gasteiger partial charge in [-0.1, -0.05) is 67.4 Å². The molecule has 1 aliphatic carbocycles. The monoisotopic (exact) mass is 428 g/mol. The van der Waals surface area contributed by atoms with E-state index in [0.29, 0.717) is 18.2 Å². The van der Waals surface area contributed by atoms with Gasteiger partial charge in [-0.3, -0.25) is 9.59 Å².